The molecule has 4 nitrogen and oxygen atoms in total. The van der Waals surface area contributed by atoms with Crippen LogP contribution >= 0.6 is 11.6 Å². The molecule has 108 valence electrons. The van der Waals surface area contributed by atoms with Crippen LogP contribution < -0.4 is 10.7 Å². The van der Waals surface area contributed by atoms with Gasteiger partial charge in [0, 0.05) is 30.3 Å². The van der Waals surface area contributed by atoms with Gasteiger partial charge in [0.25, 0.3) is 0 Å². The van der Waals surface area contributed by atoms with Crippen molar-refractivity contribution < 1.29 is 0 Å². The highest BCUT2D eigenvalue weighted by Crippen LogP contribution is 2.36. The fourth-order valence-corrected chi connectivity index (χ4v) is 3.75. The summed E-state index contributed by atoms with van der Waals surface area (Å²) in [5.74, 6) is 1.07. The standard InChI is InChI=1S/C16H16ClN3O/c17-16-4-3-13(20-16)14-5-15(21)10-2-1-9-6-18-7-11(9)12(10)8-19-14/h3-5,8-9,11,18,20H,1-2,6-7H2. The number of fused-ring (bicyclic) bond motifs is 3. The van der Waals surface area contributed by atoms with Crippen molar-refractivity contribution in [3.05, 3.63) is 50.9 Å². The number of rotatable bonds is 1. The third-order valence-corrected chi connectivity index (χ3v) is 4.91. The van der Waals surface area contributed by atoms with Gasteiger partial charge < -0.3 is 10.3 Å². The van der Waals surface area contributed by atoms with Gasteiger partial charge in [-0.2, -0.15) is 0 Å². The molecule has 1 aliphatic heterocycles. The molecule has 0 bridgehead atoms. The molecule has 0 spiro atoms. The average Bonchev–Trinajstić information content (AvgIpc) is 3.08. The molecule has 1 saturated heterocycles. The highest BCUT2D eigenvalue weighted by molar-refractivity contribution is 6.29. The maximum atomic E-state index is 12.5. The molecule has 4 rings (SSSR count). The molecular formula is C16H16ClN3O. The van der Waals surface area contributed by atoms with Gasteiger partial charge in [0.1, 0.15) is 5.15 Å². The van der Waals surface area contributed by atoms with Gasteiger partial charge in [0.2, 0.25) is 0 Å². The van der Waals surface area contributed by atoms with Gasteiger partial charge in [-0.05, 0) is 43.0 Å². The van der Waals surface area contributed by atoms with Crippen molar-refractivity contribution in [2.45, 2.75) is 18.8 Å². The summed E-state index contributed by atoms with van der Waals surface area (Å²) in [4.78, 5) is 20.1. The van der Waals surface area contributed by atoms with Crippen LogP contribution in [0.25, 0.3) is 11.4 Å². The summed E-state index contributed by atoms with van der Waals surface area (Å²) >= 11 is 5.91. The van der Waals surface area contributed by atoms with Gasteiger partial charge >= 0.3 is 0 Å². The number of hydrogen-bond donors (Lipinski definition) is 2. The smallest absolute Gasteiger partial charge is 0.184 e. The first kappa shape index (κ1) is 13.0. The van der Waals surface area contributed by atoms with Crippen LogP contribution in [0.15, 0.2) is 29.2 Å². The molecule has 0 radical (unpaired) electrons. The fourth-order valence-electron chi connectivity index (χ4n) is 3.59. The molecule has 0 amide bonds. The Balaban J connectivity index is 1.86. The van der Waals surface area contributed by atoms with Gasteiger partial charge in [-0.3, -0.25) is 9.78 Å². The van der Waals surface area contributed by atoms with E-state index < -0.39 is 0 Å². The van der Waals surface area contributed by atoms with Crippen molar-refractivity contribution in [3.8, 4) is 11.4 Å². The van der Waals surface area contributed by atoms with Crippen molar-refractivity contribution >= 4 is 11.6 Å². The highest BCUT2D eigenvalue weighted by atomic mass is 35.5. The Morgan fingerprint density at radius 2 is 2.19 bits per heavy atom. The predicted octanol–water partition coefficient (Wildman–Crippen LogP) is 2.34. The lowest BCUT2D eigenvalue weighted by molar-refractivity contribution is 0.450. The third-order valence-electron chi connectivity index (χ3n) is 4.69. The first-order valence-corrected chi connectivity index (χ1v) is 7.69. The van der Waals surface area contributed by atoms with E-state index in [9.17, 15) is 4.79 Å². The largest absolute Gasteiger partial charge is 0.344 e. The number of aromatic nitrogens is 2. The first-order valence-electron chi connectivity index (χ1n) is 7.31. The summed E-state index contributed by atoms with van der Waals surface area (Å²) in [5, 5.41) is 3.98. The second-order valence-corrected chi connectivity index (χ2v) is 6.28. The van der Waals surface area contributed by atoms with Crippen LogP contribution in [0.4, 0.5) is 0 Å². The van der Waals surface area contributed by atoms with Crippen molar-refractivity contribution in [3.63, 3.8) is 0 Å². The second kappa shape index (κ2) is 4.97. The average molecular weight is 302 g/mol. The zero-order valence-electron chi connectivity index (χ0n) is 11.5. The minimum absolute atomic E-state index is 0.0913. The Morgan fingerprint density at radius 1 is 1.29 bits per heavy atom. The van der Waals surface area contributed by atoms with Crippen LogP contribution in [-0.4, -0.2) is 23.1 Å². The molecule has 2 aromatic rings. The summed E-state index contributed by atoms with van der Waals surface area (Å²) in [6.07, 6.45) is 3.84. The van der Waals surface area contributed by atoms with E-state index in [1.807, 2.05) is 12.3 Å². The topological polar surface area (TPSA) is 57.8 Å². The lowest BCUT2D eigenvalue weighted by Gasteiger charge is -2.25. The fraction of sp³-hybridized carbons (Fsp3) is 0.375. The maximum Gasteiger partial charge on any atom is 0.184 e. The van der Waals surface area contributed by atoms with E-state index in [0.29, 0.717) is 22.7 Å². The van der Waals surface area contributed by atoms with E-state index in [-0.39, 0.29) is 5.43 Å². The number of aromatic amines is 1. The van der Waals surface area contributed by atoms with E-state index in [1.54, 1.807) is 12.1 Å². The molecule has 3 heterocycles. The number of hydrogen-bond acceptors (Lipinski definition) is 3. The van der Waals surface area contributed by atoms with Crippen molar-refractivity contribution in [1.82, 2.24) is 15.3 Å². The van der Waals surface area contributed by atoms with Crippen LogP contribution in [0.2, 0.25) is 5.15 Å². The van der Waals surface area contributed by atoms with Crippen LogP contribution in [0.3, 0.4) is 0 Å². The van der Waals surface area contributed by atoms with E-state index in [1.165, 1.54) is 0 Å². The van der Waals surface area contributed by atoms with Crippen LogP contribution in [0, 0.1) is 5.92 Å². The number of halogens is 1. The van der Waals surface area contributed by atoms with E-state index >= 15 is 0 Å². The summed E-state index contributed by atoms with van der Waals surface area (Å²) in [7, 11) is 0. The van der Waals surface area contributed by atoms with Gasteiger partial charge in [-0.15, -0.1) is 0 Å². The maximum absolute atomic E-state index is 12.5. The lowest BCUT2D eigenvalue weighted by Crippen LogP contribution is -2.22. The second-order valence-electron chi connectivity index (χ2n) is 5.87. The summed E-state index contributed by atoms with van der Waals surface area (Å²) in [5.41, 5.74) is 3.60. The number of nitrogens with zero attached hydrogens (tertiary/aromatic N) is 1. The summed E-state index contributed by atoms with van der Waals surface area (Å²) in [6, 6.07) is 5.25. The minimum Gasteiger partial charge on any atom is -0.344 e. The molecular weight excluding hydrogens is 286 g/mol. The van der Waals surface area contributed by atoms with E-state index in [2.05, 4.69) is 15.3 Å². The van der Waals surface area contributed by atoms with E-state index in [0.717, 1.165) is 42.8 Å². The Kier molecular flexibility index (Phi) is 3.08. The Bertz CT molecular complexity index is 755. The van der Waals surface area contributed by atoms with Gasteiger partial charge in [0.05, 0.1) is 11.4 Å². The molecule has 1 aliphatic carbocycles. The zero-order valence-corrected chi connectivity index (χ0v) is 12.3. The first-order chi connectivity index (χ1) is 10.2. The Labute approximate surface area is 127 Å². The summed E-state index contributed by atoms with van der Waals surface area (Å²) < 4.78 is 0. The lowest BCUT2D eigenvalue weighted by atomic mass is 9.78. The third kappa shape index (κ3) is 2.19. The predicted molar refractivity (Wildman–Crippen MR) is 82.7 cm³/mol. The van der Waals surface area contributed by atoms with Crippen LogP contribution in [-0.2, 0) is 6.42 Å². The Morgan fingerprint density at radius 3 is 3.00 bits per heavy atom. The molecule has 0 aromatic carbocycles. The Hall–Kier alpha value is -1.65. The molecule has 21 heavy (non-hydrogen) atoms. The van der Waals surface area contributed by atoms with Crippen molar-refractivity contribution in [2.24, 2.45) is 5.92 Å². The van der Waals surface area contributed by atoms with Gasteiger partial charge in [-0.1, -0.05) is 11.6 Å². The van der Waals surface area contributed by atoms with E-state index in [4.69, 9.17) is 11.6 Å². The van der Waals surface area contributed by atoms with Crippen LogP contribution in [0.5, 0.6) is 0 Å². The molecule has 5 heteroatoms. The quantitative estimate of drug-likeness (QED) is 0.850. The molecule has 0 saturated carbocycles. The number of nitrogens with one attached hydrogen (secondary N) is 2. The van der Waals surface area contributed by atoms with Gasteiger partial charge in [0.15, 0.2) is 5.43 Å². The highest BCUT2D eigenvalue weighted by Gasteiger charge is 2.34. The van der Waals surface area contributed by atoms with Crippen molar-refractivity contribution in [2.75, 3.05) is 13.1 Å². The molecule has 2 aromatic heterocycles. The number of H-pyrrole nitrogens is 1. The molecule has 2 atom stereocenters. The SMILES string of the molecule is O=c1cc(-c2ccc(Cl)[nH]2)ncc2c1CCC1CNCC21. The minimum atomic E-state index is 0.0913. The molecule has 2 aliphatic rings. The van der Waals surface area contributed by atoms with Crippen molar-refractivity contribution in [1.29, 1.82) is 0 Å². The molecule has 2 unspecified atom stereocenters. The van der Waals surface area contributed by atoms with Crippen LogP contribution in [0.1, 0.15) is 23.5 Å². The molecule has 1 fully saturated rings. The zero-order chi connectivity index (χ0) is 14.4. The molecule has 2 N–H and O–H groups in total. The monoisotopic (exact) mass is 301 g/mol. The summed E-state index contributed by atoms with van der Waals surface area (Å²) in [6.45, 7) is 2.00. The normalized spacial score (nSPS) is 23.7. The van der Waals surface area contributed by atoms with Gasteiger partial charge in [-0.25, -0.2) is 0 Å².